The van der Waals surface area contributed by atoms with Crippen LogP contribution in [0.3, 0.4) is 0 Å². The lowest BCUT2D eigenvalue weighted by Crippen LogP contribution is -2.16. The normalized spacial score (nSPS) is 11.3. The van der Waals surface area contributed by atoms with Gasteiger partial charge in [-0.25, -0.2) is 18.4 Å². The first kappa shape index (κ1) is 21.4. The highest BCUT2D eigenvalue weighted by atomic mass is 32.2. The van der Waals surface area contributed by atoms with Crippen LogP contribution in [0, 0.1) is 13.8 Å². The van der Waals surface area contributed by atoms with Crippen LogP contribution in [0.4, 0.5) is 11.4 Å². The number of anilines is 2. The van der Waals surface area contributed by atoms with E-state index in [0.717, 1.165) is 11.1 Å². The molecule has 4 rings (SSSR count). The molecule has 0 atom stereocenters. The Kier molecular flexibility index (Phi) is 5.58. The number of para-hydroxylation sites is 2. The lowest BCUT2D eigenvalue weighted by Gasteiger charge is -2.16. The highest BCUT2D eigenvalue weighted by Crippen LogP contribution is 2.31. The molecule has 9 heteroatoms. The maximum absolute atomic E-state index is 13.2. The largest absolute Gasteiger partial charge is 0.480 e. The van der Waals surface area contributed by atoms with Crippen molar-refractivity contribution in [2.45, 2.75) is 18.7 Å². The molecule has 2 heterocycles. The molecular formula is C23H22N4O4S. The zero-order valence-corrected chi connectivity index (χ0v) is 18.7. The molecule has 2 aromatic carbocycles. The molecule has 164 valence electrons. The fourth-order valence-corrected chi connectivity index (χ4v) is 4.73. The second-order valence-corrected chi connectivity index (χ2v) is 8.86. The smallest absolute Gasteiger partial charge is 0.267 e. The third-order valence-corrected chi connectivity index (χ3v) is 6.34. The molecule has 0 aliphatic heterocycles. The molecule has 0 saturated carbocycles. The van der Waals surface area contributed by atoms with Crippen LogP contribution in [-0.4, -0.2) is 25.5 Å². The highest BCUT2D eigenvalue weighted by molar-refractivity contribution is 7.92. The molecule has 0 saturated heterocycles. The van der Waals surface area contributed by atoms with Gasteiger partial charge < -0.3 is 14.5 Å². The van der Waals surface area contributed by atoms with Crippen LogP contribution >= 0.6 is 0 Å². The number of nitrogens with one attached hydrogen (secondary N) is 2. The molecule has 0 aliphatic carbocycles. The Morgan fingerprint density at radius 2 is 1.81 bits per heavy atom. The first-order valence-electron chi connectivity index (χ1n) is 9.72. The molecular weight excluding hydrogens is 428 g/mol. The number of hydrogen-bond acceptors (Lipinski definition) is 7. The Balaban J connectivity index is 1.68. The minimum Gasteiger partial charge on any atom is -0.480 e. The van der Waals surface area contributed by atoms with Crippen molar-refractivity contribution in [2.75, 3.05) is 17.1 Å². The third-order valence-electron chi connectivity index (χ3n) is 5.00. The van der Waals surface area contributed by atoms with Crippen molar-refractivity contribution in [3.63, 3.8) is 0 Å². The van der Waals surface area contributed by atoms with Gasteiger partial charge in [0.05, 0.1) is 24.7 Å². The Morgan fingerprint density at radius 1 is 1.09 bits per heavy atom. The van der Waals surface area contributed by atoms with Crippen LogP contribution in [0.25, 0.3) is 16.8 Å². The summed E-state index contributed by atoms with van der Waals surface area (Å²) in [6.07, 6.45) is 2.84. The number of nitrogens with zero attached hydrogens (tertiary/aromatic N) is 2. The molecule has 0 aliphatic rings. The molecule has 0 unspecified atom stereocenters. The number of pyridine rings is 1. The number of benzene rings is 2. The van der Waals surface area contributed by atoms with Crippen molar-refractivity contribution in [1.82, 2.24) is 9.97 Å². The van der Waals surface area contributed by atoms with Crippen LogP contribution in [0.1, 0.15) is 16.7 Å². The number of sulfonamides is 1. The van der Waals surface area contributed by atoms with Gasteiger partial charge in [0.1, 0.15) is 5.52 Å². The van der Waals surface area contributed by atoms with Gasteiger partial charge in [0.25, 0.3) is 10.0 Å². The first-order chi connectivity index (χ1) is 15.3. The summed E-state index contributed by atoms with van der Waals surface area (Å²) in [6.45, 7) is 7.73. The van der Waals surface area contributed by atoms with E-state index in [1.165, 1.54) is 25.8 Å². The lowest BCUT2D eigenvalue weighted by atomic mass is 10.1. The summed E-state index contributed by atoms with van der Waals surface area (Å²) < 4.78 is 39.8. The summed E-state index contributed by atoms with van der Waals surface area (Å²) in [6, 6.07) is 12.5. The van der Waals surface area contributed by atoms with Gasteiger partial charge in [-0.2, -0.15) is 0 Å². The summed E-state index contributed by atoms with van der Waals surface area (Å²) in [7, 11) is -2.61. The van der Waals surface area contributed by atoms with E-state index in [0.29, 0.717) is 33.7 Å². The average Bonchev–Trinajstić information content (AvgIpc) is 3.25. The Hall–Kier alpha value is -3.85. The van der Waals surface area contributed by atoms with Gasteiger partial charge in [0.15, 0.2) is 16.9 Å². The first-order valence-corrected chi connectivity index (χ1v) is 11.2. The van der Waals surface area contributed by atoms with E-state index in [2.05, 4.69) is 26.6 Å². The van der Waals surface area contributed by atoms with Crippen molar-refractivity contribution >= 4 is 38.2 Å². The van der Waals surface area contributed by atoms with Crippen LogP contribution in [-0.2, 0) is 10.0 Å². The second-order valence-electron chi connectivity index (χ2n) is 7.21. The van der Waals surface area contributed by atoms with E-state index in [4.69, 9.17) is 9.15 Å². The highest BCUT2D eigenvalue weighted by Gasteiger charge is 2.23. The minimum atomic E-state index is -3.99. The van der Waals surface area contributed by atoms with E-state index in [9.17, 15) is 8.42 Å². The fourth-order valence-electron chi connectivity index (χ4n) is 3.38. The predicted molar refractivity (Wildman–Crippen MR) is 124 cm³/mol. The molecule has 32 heavy (non-hydrogen) atoms. The van der Waals surface area contributed by atoms with E-state index in [1.54, 1.807) is 0 Å². The maximum atomic E-state index is 13.2. The van der Waals surface area contributed by atoms with Crippen molar-refractivity contribution in [3.05, 3.63) is 78.3 Å². The standard InChI is InChI=1S/C23H22N4O4S/c1-14-7-5-8-15(2)21(14)27-32(28,29)20-11-17(12-24-23(20)30-4)26-16(3)18-9-6-10-19-22(18)31-13-25-19/h5-13,26-27H,3H2,1-2,4H3. The van der Waals surface area contributed by atoms with E-state index in [-0.39, 0.29) is 10.8 Å². The molecule has 8 nitrogen and oxygen atoms in total. The number of hydrogen-bond donors (Lipinski definition) is 2. The van der Waals surface area contributed by atoms with E-state index < -0.39 is 10.0 Å². The number of methoxy groups -OCH3 is 1. The number of oxazole rings is 1. The maximum Gasteiger partial charge on any atom is 0.267 e. The number of rotatable bonds is 7. The van der Waals surface area contributed by atoms with Crippen LogP contribution in [0.5, 0.6) is 5.88 Å². The summed E-state index contributed by atoms with van der Waals surface area (Å²) in [4.78, 5) is 8.21. The van der Waals surface area contributed by atoms with E-state index >= 15 is 0 Å². The van der Waals surface area contributed by atoms with Crippen molar-refractivity contribution < 1.29 is 17.6 Å². The van der Waals surface area contributed by atoms with Crippen molar-refractivity contribution in [1.29, 1.82) is 0 Å². The molecule has 0 fully saturated rings. The van der Waals surface area contributed by atoms with Gasteiger partial charge in [-0.1, -0.05) is 30.8 Å². The molecule has 0 amide bonds. The van der Waals surface area contributed by atoms with Crippen molar-refractivity contribution in [3.8, 4) is 5.88 Å². The molecule has 2 N–H and O–H groups in total. The van der Waals surface area contributed by atoms with Crippen molar-refractivity contribution in [2.24, 2.45) is 0 Å². The molecule has 0 bridgehead atoms. The Morgan fingerprint density at radius 3 is 2.53 bits per heavy atom. The Bertz CT molecular complexity index is 1410. The van der Waals surface area contributed by atoms with E-state index in [1.807, 2.05) is 50.2 Å². The van der Waals surface area contributed by atoms with Gasteiger partial charge in [-0.15, -0.1) is 0 Å². The van der Waals surface area contributed by atoms with Gasteiger partial charge in [0.2, 0.25) is 5.88 Å². The number of aryl methyl sites for hydroxylation is 2. The third kappa shape index (κ3) is 4.02. The van der Waals surface area contributed by atoms with Crippen LogP contribution in [0.2, 0.25) is 0 Å². The monoisotopic (exact) mass is 450 g/mol. The number of fused-ring (bicyclic) bond motifs is 1. The summed E-state index contributed by atoms with van der Waals surface area (Å²) in [5.74, 6) is -0.0164. The summed E-state index contributed by atoms with van der Waals surface area (Å²) in [5.41, 5.74) is 5.05. The quantitative estimate of drug-likeness (QED) is 0.419. The predicted octanol–water partition coefficient (Wildman–Crippen LogP) is 4.73. The SMILES string of the molecule is C=C(Nc1cnc(OC)c(S(=O)(=O)Nc2c(C)cccc2C)c1)c1cccc2ncoc12. The second kappa shape index (κ2) is 8.35. The number of aromatic nitrogens is 2. The molecule has 4 aromatic rings. The average molecular weight is 451 g/mol. The molecule has 2 aromatic heterocycles. The zero-order chi connectivity index (χ0) is 22.9. The van der Waals surface area contributed by atoms with Gasteiger partial charge >= 0.3 is 0 Å². The molecule has 0 spiro atoms. The molecule has 0 radical (unpaired) electrons. The topological polar surface area (TPSA) is 106 Å². The fraction of sp³-hybridized carbons (Fsp3) is 0.130. The Labute approximate surface area is 186 Å². The van der Waals surface area contributed by atoms with Gasteiger partial charge in [0, 0.05) is 11.3 Å². The minimum absolute atomic E-state index is 0.0164. The summed E-state index contributed by atoms with van der Waals surface area (Å²) >= 11 is 0. The van der Waals surface area contributed by atoms with Gasteiger partial charge in [-0.3, -0.25) is 4.72 Å². The van der Waals surface area contributed by atoms with Crippen LogP contribution < -0.4 is 14.8 Å². The summed E-state index contributed by atoms with van der Waals surface area (Å²) in [5, 5.41) is 3.10. The van der Waals surface area contributed by atoms with Crippen LogP contribution in [0.15, 0.2) is 70.9 Å². The van der Waals surface area contributed by atoms with Gasteiger partial charge in [-0.05, 0) is 43.2 Å². The number of ether oxygens (including phenoxy) is 1. The zero-order valence-electron chi connectivity index (χ0n) is 17.8. The lowest BCUT2D eigenvalue weighted by molar-refractivity contribution is 0.385.